The van der Waals surface area contributed by atoms with Gasteiger partial charge in [-0.05, 0) is 33.8 Å². The van der Waals surface area contributed by atoms with Gasteiger partial charge in [-0.2, -0.15) is 5.10 Å². The molecule has 1 saturated heterocycles. The molecule has 0 bridgehead atoms. The van der Waals surface area contributed by atoms with E-state index in [2.05, 4.69) is 53.8 Å². The van der Waals surface area contributed by atoms with Crippen molar-refractivity contribution in [1.29, 1.82) is 0 Å². The standard InChI is InChI=1S/C23H36N4O3/c1-6-27-19(4)22(18(3)25-27)17(2)24-16-20-8-7-9-21(28-5)23(20)30-15-12-26-10-13-29-14-11-26/h7-9,17,24H,6,10-16H2,1-5H3/t17-/m0/s1. The number of para-hydroxylation sites is 1. The predicted octanol–water partition coefficient (Wildman–Crippen LogP) is 3.09. The molecule has 0 unspecified atom stereocenters. The van der Waals surface area contributed by atoms with Gasteiger partial charge in [0.05, 0.1) is 26.0 Å². The maximum absolute atomic E-state index is 6.20. The average molecular weight is 417 g/mol. The summed E-state index contributed by atoms with van der Waals surface area (Å²) in [6.07, 6.45) is 0. The Kier molecular flexibility index (Phi) is 8.13. The van der Waals surface area contributed by atoms with Gasteiger partial charge in [-0.15, -0.1) is 0 Å². The Bertz CT molecular complexity index is 815. The molecule has 0 saturated carbocycles. The molecule has 2 heterocycles. The van der Waals surface area contributed by atoms with Crippen LogP contribution in [0.2, 0.25) is 0 Å². The summed E-state index contributed by atoms with van der Waals surface area (Å²) < 4.78 is 19.3. The van der Waals surface area contributed by atoms with E-state index in [0.717, 1.165) is 62.1 Å². The maximum Gasteiger partial charge on any atom is 0.165 e. The van der Waals surface area contributed by atoms with Gasteiger partial charge in [0, 0.05) is 55.6 Å². The molecule has 7 heteroatoms. The average Bonchev–Trinajstić information content (AvgIpc) is 3.06. The molecule has 1 aromatic heterocycles. The van der Waals surface area contributed by atoms with E-state index < -0.39 is 0 Å². The Morgan fingerprint density at radius 1 is 1.23 bits per heavy atom. The van der Waals surface area contributed by atoms with Crippen molar-refractivity contribution < 1.29 is 14.2 Å². The zero-order valence-electron chi connectivity index (χ0n) is 19.0. The van der Waals surface area contributed by atoms with Crippen LogP contribution in [0.5, 0.6) is 11.5 Å². The van der Waals surface area contributed by atoms with E-state index in [1.165, 1.54) is 11.3 Å². The van der Waals surface area contributed by atoms with Crippen LogP contribution < -0.4 is 14.8 Å². The van der Waals surface area contributed by atoms with Crippen molar-refractivity contribution in [1.82, 2.24) is 20.0 Å². The highest BCUT2D eigenvalue weighted by Crippen LogP contribution is 2.32. The van der Waals surface area contributed by atoms with Gasteiger partial charge in [0.15, 0.2) is 11.5 Å². The number of hydrogen-bond donors (Lipinski definition) is 1. The molecule has 0 spiro atoms. The van der Waals surface area contributed by atoms with Crippen LogP contribution in [0.1, 0.15) is 42.4 Å². The summed E-state index contributed by atoms with van der Waals surface area (Å²) in [6.45, 7) is 15.2. The van der Waals surface area contributed by atoms with Crippen LogP contribution in [0, 0.1) is 13.8 Å². The van der Waals surface area contributed by atoms with Gasteiger partial charge in [0.1, 0.15) is 6.61 Å². The van der Waals surface area contributed by atoms with E-state index in [4.69, 9.17) is 14.2 Å². The fourth-order valence-electron chi connectivity index (χ4n) is 4.14. The second-order valence-electron chi connectivity index (χ2n) is 7.75. The van der Waals surface area contributed by atoms with E-state index in [-0.39, 0.29) is 6.04 Å². The lowest BCUT2D eigenvalue weighted by molar-refractivity contribution is 0.0320. The highest BCUT2D eigenvalue weighted by Gasteiger charge is 2.18. The minimum atomic E-state index is 0.192. The van der Waals surface area contributed by atoms with E-state index in [9.17, 15) is 0 Å². The lowest BCUT2D eigenvalue weighted by Gasteiger charge is -2.26. The van der Waals surface area contributed by atoms with Gasteiger partial charge in [0.25, 0.3) is 0 Å². The third-order valence-corrected chi connectivity index (χ3v) is 5.81. The molecule has 1 aliphatic heterocycles. The second kappa shape index (κ2) is 10.8. The van der Waals surface area contributed by atoms with Crippen LogP contribution in [0.4, 0.5) is 0 Å². The molecule has 30 heavy (non-hydrogen) atoms. The summed E-state index contributed by atoms with van der Waals surface area (Å²) >= 11 is 0. The van der Waals surface area contributed by atoms with Crippen LogP contribution in [0.15, 0.2) is 18.2 Å². The summed E-state index contributed by atoms with van der Waals surface area (Å²) in [4.78, 5) is 2.37. The Labute approximate surface area is 180 Å². The van der Waals surface area contributed by atoms with Gasteiger partial charge in [-0.3, -0.25) is 9.58 Å². The van der Waals surface area contributed by atoms with Crippen LogP contribution in [-0.2, 0) is 17.8 Å². The number of aryl methyl sites for hydroxylation is 2. The van der Waals surface area contributed by atoms with Crippen LogP contribution in [0.3, 0.4) is 0 Å². The van der Waals surface area contributed by atoms with Gasteiger partial charge < -0.3 is 19.5 Å². The summed E-state index contributed by atoms with van der Waals surface area (Å²) in [5, 5.41) is 8.30. The summed E-state index contributed by atoms with van der Waals surface area (Å²) in [7, 11) is 1.69. The van der Waals surface area contributed by atoms with E-state index in [1.807, 2.05) is 12.1 Å². The molecule has 7 nitrogen and oxygen atoms in total. The first kappa shape index (κ1) is 22.6. The first-order valence-electron chi connectivity index (χ1n) is 10.9. The van der Waals surface area contributed by atoms with Crippen molar-refractivity contribution >= 4 is 0 Å². The van der Waals surface area contributed by atoms with Gasteiger partial charge >= 0.3 is 0 Å². The SMILES string of the molecule is CCn1nc(C)c([C@H](C)NCc2cccc(OC)c2OCCN2CCOCC2)c1C. The van der Waals surface area contributed by atoms with E-state index >= 15 is 0 Å². The van der Waals surface area contributed by atoms with Crippen LogP contribution in [-0.4, -0.2) is 61.2 Å². The smallest absolute Gasteiger partial charge is 0.165 e. The molecule has 0 amide bonds. The molecule has 1 aliphatic rings. The topological polar surface area (TPSA) is 60.8 Å². The largest absolute Gasteiger partial charge is 0.493 e. The Hall–Kier alpha value is -2.09. The third-order valence-electron chi connectivity index (χ3n) is 5.81. The molecule has 3 rings (SSSR count). The van der Waals surface area contributed by atoms with Gasteiger partial charge in [-0.1, -0.05) is 12.1 Å². The van der Waals surface area contributed by atoms with Crippen molar-refractivity contribution in [3.05, 3.63) is 40.7 Å². The number of morpholine rings is 1. The number of hydrogen-bond acceptors (Lipinski definition) is 6. The lowest BCUT2D eigenvalue weighted by atomic mass is 10.1. The number of benzene rings is 1. The Morgan fingerprint density at radius 3 is 2.67 bits per heavy atom. The van der Waals surface area contributed by atoms with Crippen LogP contribution >= 0.6 is 0 Å². The molecule has 1 fully saturated rings. The third kappa shape index (κ3) is 5.33. The van der Waals surface area contributed by atoms with Crippen molar-refractivity contribution in [3.63, 3.8) is 0 Å². The molecule has 0 aliphatic carbocycles. The monoisotopic (exact) mass is 416 g/mol. The quantitative estimate of drug-likeness (QED) is 0.642. The number of methoxy groups -OCH3 is 1. The molecular weight excluding hydrogens is 380 g/mol. The first-order valence-corrected chi connectivity index (χ1v) is 10.9. The minimum absolute atomic E-state index is 0.192. The number of nitrogens with zero attached hydrogens (tertiary/aromatic N) is 3. The zero-order valence-corrected chi connectivity index (χ0v) is 19.0. The zero-order chi connectivity index (χ0) is 21.5. The fourth-order valence-corrected chi connectivity index (χ4v) is 4.14. The van der Waals surface area contributed by atoms with Crippen molar-refractivity contribution in [2.45, 2.75) is 46.8 Å². The summed E-state index contributed by atoms with van der Waals surface area (Å²) in [5.41, 5.74) is 4.68. The van der Waals surface area contributed by atoms with E-state index in [0.29, 0.717) is 13.2 Å². The Balaban J connectivity index is 1.65. The maximum atomic E-state index is 6.20. The van der Waals surface area contributed by atoms with Crippen molar-refractivity contribution in [3.8, 4) is 11.5 Å². The number of rotatable bonds is 10. The van der Waals surface area contributed by atoms with Crippen molar-refractivity contribution in [2.24, 2.45) is 0 Å². The minimum Gasteiger partial charge on any atom is -0.493 e. The number of aromatic nitrogens is 2. The van der Waals surface area contributed by atoms with Crippen molar-refractivity contribution in [2.75, 3.05) is 46.6 Å². The molecule has 2 aromatic rings. The Morgan fingerprint density at radius 2 is 2.00 bits per heavy atom. The highest BCUT2D eigenvalue weighted by molar-refractivity contribution is 5.46. The molecule has 1 atom stereocenters. The summed E-state index contributed by atoms with van der Waals surface area (Å²) in [5.74, 6) is 1.60. The fraction of sp³-hybridized carbons (Fsp3) is 0.609. The summed E-state index contributed by atoms with van der Waals surface area (Å²) in [6, 6.07) is 6.26. The van der Waals surface area contributed by atoms with Gasteiger partial charge in [0.2, 0.25) is 0 Å². The predicted molar refractivity (Wildman–Crippen MR) is 118 cm³/mol. The van der Waals surface area contributed by atoms with Gasteiger partial charge in [-0.25, -0.2) is 0 Å². The molecular formula is C23H36N4O3. The van der Waals surface area contributed by atoms with Crippen LogP contribution in [0.25, 0.3) is 0 Å². The molecule has 1 aromatic carbocycles. The molecule has 0 radical (unpaired) electrons. The van der Waals surface area contributed by atoms with E-state index in [1.54, 1.807) is 7.11 Å². The molecule has 166 valence electrons. The highest BCUT2D eigenvalue weighted by atomic mass is 16.5. The first-order chi connectivity index (χ1) is 14.5. The normalized spacial score (nSPS) is 15.9. The number of ether oxygens (including phenoxy) is 3. The molecule has 1 N–H and O–H groups in total. The lowest BCUT2D eigenvalue weighted by Crippen LogP contribution is -2.38. The second-order valence-corrected chi connectivity index (χ2v) is 7.75. The number of nitrogens with one attached hydrogen (secondary N) is 1.